The third-order valence-electron chi connectivity index (χ3n) is 4.23. The van der Waals surface area contributed by atoms with Gasteiger partial charge in [0.1, 0.15) is 22.3 Å². The highest BCUT2D eigenvalue weighted by Gasteiger charge is 2.17. The quantitative estimate of drug-likeness (QED) is 0.372. The van der Waals surface area contributed by atoms with E-state index in [9.17, 15) is 9.90 Å². The van der Waals surface area contributed by atoms with Crippen LogP contribution in [0, 0.1) is 6.92 Å². The molecule has 0 atom stereocenters. The normalized spacial score (nSPS) is 12.0. The number of rotatable bonds is 7. The molecule has 1 N–H and O–H groups in total. The van der Waals surface area contributed by atoms with E-state index in [1.807, 2.05) is 19.1 Å². The Morgan fingerprint density at radius 2 is 1.91 bits per heavy atom. The summed E-state index contributed by atoms with van der Waals surface area (Å²) in [5.41, 5.74) is 2.29. The van der Waals surface area contributed by atoms with Gasteiger partial charge in [-0.25, -0.2) is 9.79 Å². The summed E-state index contributed by atoms with van der Waals surface area (Å²) in [7, 11) is 0. The number of hydrogen-bond acceptors (Lipinski definition) is 9. The number of benzene rings is 2. The molecule has 0 aliphatic rings. The molecule has 0 unspecified atom stereocenters. The summed E-state index contributed by atoms with van der Waals surface area (Å²) in [6, 6.07) is 12.0. The Bertz CT molecular complexity index is 1170. The van der Waals surface area contributed by atoms with Gasteiger partial charge in [0.05, 0.1) is 18.9 Å². The van der Waals surface area contributed by atoms with Crippen LogP contribution in [0.4, 0.5) is 10.5 Å². The molecule has 0 fully saturated rings. The number of phenolic OH excluding ortho intramolecular Hbond substituents is 1. The summed E-state index contributed by atoms with van der Waals surface area (Å²) in [6.07, 6.45) is 1.06. The number of phenols is 1. The first-order valence-corrected chi connectivity index (χ1v) is 11.4. The molecule has 33 heavy (non-hydrogen) atoms. The van der Waals surface area contributed by atoms with Crippen LogP contribution < -0.4 is 4.74 Å². The Morgan fingerprint density at radius 1 is 1.15 bits per heavy atom. The fraction of sp³-hybridized carbons (Fsp3) is 0.261. The summed E-state index contributed by atoms with van der Waals surface area (Å²) in [4.78, 5) is 25.1. The SMILES string of the molecule is CCOC(=O)/N=C(SC)/C(=N\c1ccc(-c2noc(C)n2)cc1)c1cc(O)cc(OCC)c1. The van der Waals surface area contributed by atoms with Crippen LogP contribution in [0.25, 0.3) is 11.4 Å². The van der Waals surface area contributed by atoms with Gasteiger partial charge in [-0.05, 0) is 56.5 Å². The molecule has 0 radical (unpaired) electrons. The van der Waals surface area contributed by atoms with E-state index in [0.717, 1.165) is 5.56 Å². The van der Waals surface area contributed by atoms with E-state index in [1.54, 1.807) is 38.3 Å². The van der Waals surface area contributed by atoms with E-state index >= 15 is 0 Å². The molecule has 1 aromatic heterocycles. The molecule has 0 saturated heterocycles. The number of aryl methyl sites for hydroxylation is 1. The van der Waals surface area contributed by atoms with Crippen molar-refractivity contribution in [2.45, 2.75) is 20.8 Å². The molecule has 172 valence electrons. The van der Waals surface area contributed by atoms with E-state index < -0.39 is 6.09 Å². The Balaban J connectivity index is 2.08. The van der Waals surface area contributed by atoms with Gasteiger partial charge in [0.25, 0.3) is 0 Å². The van der Waals surface area contributed by atoms with Crippen LogP contribution in [0.1, 0.15) is 25.3 Å². The van der Waals surface area contributed by atoms with Crippen molar-refractivity contribution in [3.63, 3.8) is 0 Å². The zero-order chi connectivity index (χ0) is 23.8. The topological polar surface area (TPSA) is 119 Å². The van der Waals surface area contributed by atoms with E-state index in [0.29, 0.717) is 46.1 Å². The predicted molar refractivity (Wildman–Crippen MR) is 128 cm³/mol. The maximum absolute atomic E-state index is 12.1. The summed E-state index contributed by atoms with van der Waals surface area (Å²) >= 11 is 1.24. The molecule has 9 nitrogen and oxygen atoms in total. The highest BCUT2D eigenvalue weighted by molar-refractivity contribution is 8.15. The number of aromatic hydroxyl groups is 1. The van der Waals surface area contributed by atoms with Crippen molar-refractivity contribution in [1.82, 2.24) is 10.1 Å². The van der Waals surface area contributed by atoms with E-state index in [1.165, 1.54) is 23.9 Å². The van der Waals surface area contributed by atoms with Crippen molar-refractivity contribution in [1.29, 1.82) is 0 Å². The van der Waals surface area contributed by atoms with E-state index in [-0.39, 0.29) is 12.4 Å². The standard InChI is InChI=1S/C23H24N4O5S/c1-5-30-19-12-16(11-18(28)13-19)20(22(33-4)26-23(29)31-6-2)25-17-9-7-15(8-10-17)21-24-14(3)32-27-21/h7-13,28H,5-6H2,1-4H3/b25-20-,26-22-. The highest BCUT2D eigenvalue weighted by atomic mass is 32.2. The van der Waals surface area contributed by atoms with Gasteiger partial charge in [-0.1, -0.05) is 5.16 Å². The number of thioether (sulfide) groups is 1. The second kappa shape index (κ2) is 11.3. The summed E-state index contributed by atoms with van der Waals surface area (Å²) in [6.45, 7) is 5.91. The molecule has 0 spiro atoms. The van der Waals surface area contributed by atoms with Gasteiger partial charge in [0.15, 0.2) is 0 Å². The van der Waals surface area contributed by atoms with Crippen molar-refractivity contribution in [3.8, 4) is 22.9 Å². The number of carbonyl (C=O) groups is 1. The van der Waals surface area contributed by atoms with Gasteiger partial charge in [-0.15, -0.1) is 11.8 Å². The monoisotopic (exact) mass is 468 g/mol. The van der Waals surface area contributed by atoms with Gasteiger partial charge >= 0.3 is 6.09 Å². The fourth-order valence-electron chi connectivity index (χ4n) is 2.87. The van der Waals surface area contributed by atoms with Crippen LogP contribution in [-0.2, 0) is 4.74 Å². The third kappa shape index (κ3) is 6.42. The number of carbonyl (C=O) groups excluding carboxylic acids is 1. The molecule has 0 bridgehead atoms. The molecule has 3 aromatic rings. The number of nitrogens with zero attached hydrogens (tertiary/aromatic N) is 4. The maximum Gasteiger partial charge on any atom is 0.434 e. The molecule has 0 saturated carbocycles. The lowest BCUT2D eigenvalue weighted by molar-refractivity contribution is 0.163. The largest absolute Gasteiger partial charge is 0.508 e. The number of aliphatic imine (C=N–C) groups is 2. The lowest BCUT2D eigenvalue weighted by Gasteiger charge is -2.12. The number of amides is 1. The molecular weight excluding hydrogens is 444 g/mol. The molecule has 1 amide bonds. The zero-order valence-corrected chi connectivity index (χ0v) is 19.5. The Hall–Kier alpha value is -3.66. The van der Waals surface area contributed by atoms with Crippen molar-refractivity contribution in [3.05, 3.63) is 53.9 Å². The summed E-state index contributed by atoms with van der Waals surface area (Å²) < 4.78 is 15.6. The van der Waals surface area contributed by atoms with Crippen LogP contribution in [0.2, 0.25) is 0 Å². The smallest absolute Gasteiger partial charge is 0.434 e. The summed E-state index contributed by atoms with van der Waals surface area (Å²) in [5, 5.41) is 14.5. The minimum Gasteiger partial charge on any atom is -0.508 e. The minimum absolute atomic E-state index is 0.00284. The highest BCUT2D eigenvalue weighted by Crippen LogP contribution is 2.27. The Morgan fingerprint density at radius 3 is 2.52 bits per heavy atom. The van der Waals surface area contributed by atoms with Crippen LogP contribution in [0.3, 0.4) is 0 Å². The van der Waals surface area contributed by atoms with Gasteiger partial charge < -0.3 is 19.1 Å². The lowest BCUT2D eigenvalue weighted by Crippen LogP contribution is -2.15. The first kappa shape index (κ1) is 24.0. The molecular formula is C23H24N4O5S. The first-order chi connectivity index (χ1) is 15.9. The molecule has 3 rings (SSSR count). The fourth-order valence-corrected chi connectivity index (χ4v) is 3.39. The number of ether oxygens (including phenoxy) is 2. The first-order valence-electron chi connectivity index (χ1n) is 10.2. The van der Waals surface area contributed by atoms with Crippen LogP contribution >= 0.6 is 11.8 Å². The number of hydrogen-bond donors (Lipinski definition) is 1. The van der Waals surface area contributed by atoms with Crippen molar-refractivity contribution < 1.29 is 23.9 Å². The van der Waals surface area contributed by atoms with Gasteiger partial charge in [-0.3, -0.25) is 0 Å². The molecule has 0 aliphatic heterocycles. The van der Waals surface area contributed by atoms with E-state index in [2.05, 4.69) is 15.1 Å². The predicted octanol–water partition coefficient (Wildman–Crippen LogP) is 5.19. The maximum atomic E-state index is 12.1. The Kier molecular flexibility index (Phi) is 8.20. The van der Waals surface area contributed by atoms with Crippen molar-refractivity contribution in [2.75, 3.05) is 19.5 Å². The van der Waals surface area contributed by atoms with Gasteiger partial charge in [0.2, 0.25) is 11.7 Å². The second-order valence-corrected chi connectivity index (χ2v) is 7.41. The van der Waals surface area contributed by atoms with Crippen LogP contribution in [0.5, 0.6) is 11.5 Å². The van der Waals surface area contributed by atoms with Crippen molar-refractivity contribution in [2.24, 2.45) is 9.98 Å². The average molecular weight is 469 g/mol. The molecule has 10 heteroatoms. The minimum atomic E-state index is -0.720. The van der Waals surface area contributed by atoms with Gasteiger partial charge in [0, 0.05) is 24.1 Å². The third-order valence-corrected chi connectivity index (χ3v) is 4.90. The van der Waals surface area contributed by atoms with Gasteiger partial charge in [-0.2, -0.15) is 9.98 Å². The Labute approximate surface area is 195 Å². The molecule has 0 aliphatic carbocycles. The molecule has 1 heterocycles. The molecule has 2 aromatic carbocycles. The second-order valence-electron chi connectivity index (χ2n) is 6.61. The van der Waals surface area contributed by atoms with Crippen LogP contribution in [0.15, 0.2) is 57.0 Å². The van der Waals surface area contributed by atoms with Crippen molar-refractivity contribution >= 4 is 34.3 Å². The zero-order valence-electron chi connectivity index (χ0n) is 18.7. The number of aromatic nitrogens is 2. The van der Waals surface area contributed by atoms with Crippen LogP contribution in [-0.4, -0.2) is 51.6 Å². The summed E-state index contributed by atoms with van der Waals surface area (Å²) in [5.74, 6) is 1.43. The van der Waals surface area contributed by atoms with E-state index in [4.69, 9.17) is 19.0 Å². The average Bonchev–Trinajstić information content (AvgIpc) is 3.23. The lowest BCUT2D eigenvalue weighted by atomic mass is 10.1.